The third kappa shape index (κ3) is 3.72. The molecule has 5 nitrogen and oxygen atoms in total. The minimum atomic E-state index is 0.0162. The van der Waals surface area contributed by atoms with Crippen molar-refractivity contribution in [2.45, 2.75) is 56.7 Å². The first-order valence-corrected chi connectivity index (χ1v) is 11.5. The summed E-state index contributed by atoms with van der Waals surface area (Å²) in [5, 5.41) is 4.18. The summed E-state index contributed by atoms with van der Waals surface area (Å²) in [6, 6.07) is 18.4. The fourth-order valence-electron chi connectivity index (χ4n) is 4.88. The third-order valence-electron chi connectivity index (χ3n) is 6.25. The number of para-hydroxylation sites is 1. The molecule has 2 aliphatic rings. The van der Waals surface area contributed by atoms with E-state index in [0.29, 0.717) is 19.3 Å². The van der Waals surface area contributed by atoms with Gasteiger partial charge in [0.25, 0.3) is 0 Å². The lowest BCUT2D eigenvalue weighted by Gasteiger charge is -2.31. The number of rotatable bonds is 4. The fraction of sp³-hybridized carbons (Fsp3) is 0.375. The van der Waals surface area contributed by atoms with E-state index in [0.717, 1.165) is 40.1 Å². The van der Waals surface area contributed by atoms with E-state index in [2.05, 4.69) is 33.4 Å². The van der Waals surface area contributed by atoms with Gasteiger partial charge in [-0.25, -0.2) is 4.98 Å². The van der Waals surface area contributed by atoms with Crippen molar-refractivity contribution >= 4 is 33.4 Å². The van der Waals surface area contributed by atoms with Crippen LogP contribution in [0.2, 0.25) is 0 Å². The molecule has 2 fully saturated rings. The second-order valence-electron chi connectivity index (χ2n) is 8.17. The topological polar surface area (TPSA) is 62.3 Å². The second-order valence-corrected chi connectivity index (χ2v) is 9.29. The van der Waals surface area contributed by atoms with Crippen LogP contribution < -0.4 is 5.32 Å². The maximum Gasteiger partial charge on any atom is 0.223 e. The van der Waals surface area contributed by atoms with E-state index in [1.807, 2.05) is 36.4 Å². The highest BCUT2D eigenvalue weighted by atomic mass is 32.1. The van der Waals surface area contributed by atoms with E-state index in [4.69, 9.17) is 0 Å². The van der Waals surface area contributed by atoms with Gasteiger partial charge in [0.05, 0.1) is 33.3 Å². The molecule has 0 spiro atoms. The molecular formula is C24H25N3O2S. The molecule has 6 heteroatoms. The van der Waals surface area contributed by atoms with Crippen LogP contribution in [0.1, 0.15) is 48.7 Å². The average Bonchev–Trinajstić information content (AvgIpc) is 3.29. The first kappa shape index (κ1) is 19.2. The number of thiazole rings is 1. The smallest absolute Gasteiger partial charge is 0.223 e. The predicted molar refractivity (Wildman–Crippen MR) is 118 cm³/mol. The minimum Gasteiger partial charge on any atom is -0.351 e. The van der Waals surface area contributed by atoms with Gasteiger partial charge in [-0.15, -0.1) is 11.3 Å². The van der Waals surface area contributed by atoms with E-state index < -0.39 is 0 Å². The van der Waals surface area contributed by atoms with Crippen LogP contribution in [0.4, 0.5) is 0 Å². The van der Waals surface area contributed by atoms with Gasteiger partial charge in [-0.05, 0) is 37.0 Å². The molecule has 0 saturated carbocycles. The van der Waals surface area contributed by atoms with Gasteiger partial charge in [0.1, 0.15) is 0 Å². The Morgan fingerprint density at radius 2 is 1.93 bits per heavy atom. The van der Waals surface area contributed by atoms with Gasteiger partial charge in [-0.3, -0.25) is 9.59 Å². The summed E-state index contributed by atoms with van der Waals surface area (Å²) in [5.41, 5.74) is 2.15. The maximum atomic E-state index is 13.5. The van der Waals surface area contributed by atoms with E-state index in [-0.39, 0.29) is 29.9 Å². The molecule has 2 aromatic carbocycles. The molecule has 2 aliphatic heterocycles. The summed E-state index contributed by atoms with van der Waals surface area (Å²) < 4.78 is 1.16. The maximum absolute atomic E-state index is 13.5. The van der Waals surface area contributed by atoms with Gasteiger partial charge in [0.2, 0.25) is 11.8 Å². The molecule has 1 aromatic heterocycles. The number of hydrogen-bond acceptors (Lipinski definition) is 4. The lowest BCUT2D eigenvalue weighted by Crippen LogP contribution is -2.45. The fourth-order valence-corrected chi connectivity index (χ4v) is 5.85. The Morgan fingerprint density at radius 1 is 1.13 bits per heavy atom. The van der Waals surface area contributed by atoms with Crippen molar-refractivity contribution < 1.29 is 9.59 Å². The van der Waals surface area contributed by atoms with Crippen LogP contribution >= 0.6 is 11.3 Å². The third-order valence-corrected chi connectivity index (χ3v) is 7.34. The van der Waals surface area contributed by atoms with Crippen LogP contribution in [-0.2, 0) is 16.0 Å². The van der Waals surface area contributed by atoms with Gasteiger partial charge in [0.15, 0.2) is 0 Å². The summed E-state index contributed by atoms with van der Waals surface area (Å²) in [5.74, 6) is 0.268. The molecule has 3 atom stereocenters. The molecule has 5 rings (SSSR count). The summed E-state index contributed by atoms with van der Waals surface area (Å²) in [7, 11) is 0. The van der Waals surface area contributed by atoms with Crippen LogP contribution in [0.5, 0.6) is 0 Å². The van der Waals surface area contributed by atoms with Crippen molar-refractivity contribution in [1.82, 2.24) is 15.2 Å². The molecule has 2 saturated heterocycles. The molecule has 0 unspecified atom stereocenters. The van der Waals surface area contributed by atoms with E-state index in [1.165, 1.54) is 0 Å². The zero-order valence-electron chi connectivity index (χ0n) is 16.8. The number of nitrogens with zero attached hydrogens (tertiary/aromatic N) is 2. The number of aromatic nitrogens is 1. The monoisotopic (exact) mass is 419 g/mol. The van der Waals surface area contributed by atoms with Crippen LogP contribution in [0, 0.1) is 0 Å². The molecule has 2 amide bonds. The molecule has 3 heterocycles. The Morgan fingerprint density at radius 3 is 2.77 bits per heavy atom. The van der Waals surface area contributed by atoms with Crippen molar-refractivity contribution in [3.63, 3.8) is 0 Å². The van der Waals surface area contributed by atoms with Crippen molar-refractivity contribution in [3.8, 4) is 0 Å². The van der Waals surface area contributed by atoms with Gasteiger partial charge in [-0.1, -0.05) is 42.5 Å². The Bertz CT molecular complexity index is 1030. The Balaban J connectivity index is 1.38. The zero-order chi connectivity index (χ0) is 20.5. The van der Waals surface area contributed by atoms with Crippen LogP contribution in [0.15, 0.2) is 54.6 Å². The van der Waals surface area contributed by atoms with E-state index in [1.54, 1.807) is 11.3 Å². The number of nitrogens with one attached hydrogen (secondary N) is 1. The van der Waals surface area contributed by atoms with Crippen molar-refractivity contribution in [2.75, 3.05) is 0 Å². The molecule has 0 radical (unpaired) electrons. The normalized spacial score (nSPS) is 23.8. The molecule has 3 aromatic rings. The van der Waals surface area contributed by atoms with Crippen LogP contribution in [-0.4, -0.2) is 33.8 Å². The number of benzene rings is 2. The highest BCUT2D eigenvalue weighted by molar-refractivity contribution is 7.18. The van der Waals surface area contributed by atoms with Gasteiger partial charge < -0.3 is 10.2 Å². The summed E-state index contributed by atoms with van der Waals surface area (Å²) >= 11 is 1.67. The molecule has 1 N–H and O–H groups in total. The quantitative estimate of drug-likeness (QED) is 0.688. The molecule has 154 valence electrons. The number of aryl methyl sites for hydroxylation is 1. The van der Waals surface area contributed by atoms with Crippen molar-refractivity contribution in [2.24, 2.45) is 0 Å². The first-order chi connectivity index (χ1) is 14.7. The first-order valence-electron chi connectivity index (χ1n) is 10.7. The summed E-state index contributed by atoms with van der Waals surface area (Å²) in [6.07, 6.45) is 4.14. The number of likely N-dealkylation sites (tertiary alicyclic amines) is 1. The van der Waals surface area contributed by atoms with Gasteiger partial charge in [0, 0.05) is 19.3 Å². The van der Waals surface area contributed by atoms with Gasteiger partial charge >= 0.3 is 0 Å². The highest BCUT2D eigenvalue weighted by Gasteiger charge is 2.45. The SMILES string of the molecule is O=C1CCC[C@@H]2[C@H](C[C@H](c3ccccc3)N2C(=O)CCc2nc3ccccc3s2)N1. The Hall–Kier alpha value is -2.73. The molecule has 0 aliphatic carbocycles. The number of hydrogen-bond donors (Lipinski definition) is 1. The summed E-state index contributed by atoms with van der Waals surface area (Å²) in [4.78, 5) is 32.3. The van der Waals surface area contributed by atoms with E-state index >= 15 is 0 Å². The zero-order valence-corrected chi connectivity index (χ0v) is 17.6. The lowest BCUT2D eigenvalue weighted by atomic mass is 10.0. The Kier molecular flexibility index (Phi) is 5.25. The summed E-state index contributed by atoms with van der Waals surface area (Å²) in [6.45, 7) is 0. The van der Waals surface area contributed by atoms with Crippen molar-refractivity contribution in [3.05, 3.63) is 65.2 Å². The number of carbonyl (C=O) groups excluding carboxylic acids is 2. The second kappa shape index (κ2) is 8.19. The van der Waals surface area contributed by atoms with Crippen LogP contribution in [0.25, 0.3) is 10.2 Å². The number of amides is 2. The van der Waals surface area contributed by atoms with E-state index in [9.17, 15) is 9.59 Å². The molecular weight excluding hydrogens is 394 g/mol. The average molecular weight is 420 g/mol. The minimum absolute atomic E-state index is 0.0162. The van der Waals surface area contributed by atoms with Gasteiger partial charge in [-0.2, -0.15) is 0 Å². The molecule has 30 heavy (non-hydrogen) atoms. The van der Waals surface area contributed by atoms with Crippen LogP contribution in [0.3, 0.4) is 0 Å². The lowest BCUT2D eigenvalue weighted by molar-refractivity contribution is -0.134. The largest absolute Gasteiger partial charge is 0.351 e. The standard InChI is InChI=1S/C24H25N3O2S/c28-22-12-6-10-19-18(25-22)15-20(16-7-2-1-3-8-16)27(19)24(29)14-13-23-26-17-9-4-5-11-21(17)30-23/h1-5,7-9,11,18-20H,6,10,12-15H2,(H,25,28)/t18-,19+,20+/m0/s1. The number of carbonyl (C=O) groups is 2. The highest BCUT2D eigenvalue weighted by Crippen LogP contribution is 2.40. The predicted octanol–water partition coefficient (Wildman–Crippen LogP) is 4.24. The number of fused-ring (bicyclic) bond motifs is 2. The Labute approximate surface area is 180 Å². The van der Waals surface area contributed by atoms with Crippen molar-refractivity contribution in [1.29, 1.82) is 0 Å². The molecule has 0 bridgehead atoms.